The highest BCUT2D eigenvalue weighted by Gasteiger charge is 2.33. The summed E-state index contributed by atoms with van der Waals surface area (Å²) in [6.45, 7) is 7.32. The topological polar surface area (TPSA) is 62.5 Å². The summed E-state index contributed by atoms with van der Waals surface area (Å²) in [5, 5.41) is 13.7. The summed E-state index contributed by atoms with van der Waals surface area (Å²) in [7, 11) is 0. The second kappa shape index (κ2) is 13.0. The number of nitrogens with zero attached hydrogens (tertiary/aromatic N) is 4. The van der Waals surface area contributed by atoms with Gasteiger partial charge in [0.1, 0.15) is 0 Å². The van der Waals surface area contributed by atoms with Crippen LogP contribution in [0.15, 0.2) is 127 Å². The summed E-state index contributed by atoms with van der Waals surface area (Å²) in [5.74, 6) is 3.40. The van der Waals surface area contributed by atoms with E-state index in [1.807, 2.05) is 60.7 Å². The molecular weight excluding hydrogens is 609 g/mol. The van der Waals surface area contributed by atoms with Crippen LogP contribution < -0.4 is 0 Å². The highest BCUT2D eigenvalue weighted by molar-refractivity contribution is 5.91. The Kier molecular flexibility index (Phi) is 8.21. The maximum absolute atomic E-state index is 9.34. The molecule has 1 aromatic heterocycles. The molecule has 0 spiro atoms. The minimum Gasteiger partial charge on any atom is -0.208 e. The molecule has 4 nitrogen and oxygen atoms in total. The largest absolute Gasteiger partial charge is 0.208 e. The molecule has 50 heavy (non-hydrogen) atoms. The summed E-state index contributed by atoms with van der Waals surface area (Å²) < 4.78 is 0. The number of hydrogen-bond acceptors (Lipinski definition) is 4. The summed E-state index contributed by atoms with van der Waals surface area (Å²) in [5.41, 5.74) is 7.58. The Labute approximate surface area is 294 Å². The van der Waals surface area contributed by atoms with E-state index in [1.54, 1.807) is 0 Å². The van der Waals surface area contributed by atoms with E-state index >= 15 is 0 Å². The Hall–Kier alpha value is -5.66. The van der Waals surface area contributed by atoms with Crippen molar-refractivity contribution in [2.45, 2.75) is 51.9 Å². The summed E-state index contributed by atoms with van der Waals surface area (Å²) in [6.07, 6.45) is 5.20. The molecule has 0 aliphatic heterocycles. The van der Waals surface area contributed by atoms with Crippen LogP contribution in [0.5, 0.6) is 0 Å². The van der Waals surface area contributed by atoms with Gasteiger partial charge in [-0.25, -0.2) is 15.0 Å². The maximum atomic E-state index is 9.34. The van der Waals surface area contributed by atoms with E-state index in [4.69, 9.17) is 15.0 Å². The molecule has 8 rings (SSSR count). The Morgan fingerprint density at radius 3 is 1.54 bits per heavy atom. The summed E-state index contributed by atoms with van der Waals surface area (Å²) >= 11 is 0. The molecule has 0 amide bonds. The third kappa shape index (κ3) is 6.28. The van der Waals surface area contributed by atoms with Gasteiger partial charge < -0.3 is 0 Å². The molecule has 1 aliphatic carbocycles. The van der Waals surface area contributed by atoms with Gasteiger partial charge in [0.25, 0.3) is 0 Å². The van der Waals surface area contributed by atoms with Gasteiger partial charge >= 0.3 is 0 Å². The van der Waals surface area contributed by atoms with E-state index in [-0.39, 0.29) is 5.41 Å². The van der Waals surface area contributed by atoms with Crippen molar-refractivity contribution in [3.8, 4) is 51.4 Å². The van der Waals surface area contributed by atoms with Gasteiger partial charge in [-0.15, -0.1) is 0 Å². The lowest BCUT2D eigenvalue weighted by Gasteiger charge is -2.32. The first kappa shape index (κ1) is 31.6. The smallest absolute Gasteiger partial charge is 0.164 e. The molecule has 1 saturated carbocycles. The Morgan fingerprint density at radius 1 is 0.520 bits per heavy atom. The average molecular weight is 649 g/mol. The molecule has 0 radical (unpaired) electrons. The van der Waals surface area contributed by atoms with Gasteiger partial charge in [0.05, 0.1) is 11.6 Å². The summed E-state index contributed by atoms with van der Waals surface area (Å²) in [6, 6.07) is 46.7. The van der Waals surface area contributed by atoms with E-state index in [1.165, 1.54) is 47.8 Å². The van der Waals surface area contributed by atoms with Gasteiger partial charge in [-0.05, 0) is 98.7 Å². The second-order valence-electron chi connectivity index (χ2n) is 14.7. The molecule has 1 aliphatic rings. The number of aromatic nitrogens is 3. The van der Waals surface area contributed by atoms with Crippen LogP contribution in [0.2, 0.25) is 0 Å². The molecule has 3 atom stereocenters. The predicted octanol–water partition coefficient (Wildman–Crippen LogP) is 11.8. The quantitative estimate of drug-likeness (QED) is 0.174. The Morgan fingerprint density at radius 2 is 0.980 bits per heavy atom. The average Bonchev–Trinajstić information content (AvgIpc) is 3.30. The van der Waals surface area contributed by atoms with Crippen LogP contribution in [0.4, 0.5) is 0 Å². The third-order valence-corrected chi connectivity index (χ3v) is 10.7. The number of fused-ring (bicyclic) bond motifs is 2. The minimum atomic E-state index is 0.235. The van der Waals surface area contributed by atoms with E-state index in [9.17, 15) is 5.26 Å². The maximum Gasteiger partial charge on any atom is 0.164 e. The van der Waals surface area contributed by atoms with Crippen molar-refractivity contribution >= 4 is 21.5 Å². The van der Waals surface area contributed by atoms with Crippen molar-refractivity contribution in [3.05, 3.63) is 139 Å². The lowest BCUT2D eigenvalue weighted by molar-refractivity contribution is 0.333. The Balaban J connectivity index is 1.13. The molecule has 1 fully saturated rings. The lowest BCUT2D eigenvalue weighted by Crippen LogP contribution is -2.24. The van der Waals surface area contributed by atoms with E-state index in [0.717, 1.165) is 44.7 Å². The van der Waals surface area contributed by atoms with Crippen LogP contribution in [-0.4, -0.2) is 15.0 Å². The molecule has 1 heterocycles. The van der Waals surface area contributed by atoms with Gasteiger partial charge in [0.15, 0.2) is 17.5 Å². The van der Waals surface area contributed by atoms with Gasteiger partial charge in [-0.2, -0.15) is 5.26 Å². The predicted molar refractivity (Wildman–Crippen MR) is 205 cm³/mol. The molecule has 244 valence electrons. The fourth-order valence-electron chi connectivity index (χ4n) is 8.06. The fraction of sp³-hybridized carbons (Fsp3) is 0.217. The fourth-order valence-corrected chi connectivity index (χ4v) is 8.06. The van der Waals surface area contributed by atoms with E-state index in [2.05, 4.69) is 93.6 Å². The molecule has 0 bridgehead atoms. The highest BCUT2D eigenvalue weighted by atomic mass is 15.0. The molecule has 0 saturated heterocycles. The first-order valence-corrected chi connectivity index (χ1v) is 17.7. The number of hydrogen-bond donors (Lipinski definition) is 0. The van der Waals surface area contributed by atoms with Crippen molar-refractivity contribution < 1.29 is 0 Å². The van der Waals surface area contributed by atoms with Gasteiger partial charge in [-0.1, -0.05) is 131 Å². The first-order chi connectivity index (χ1) is 24.3. The summed E-state index contributed by atoms with van der Waals surface area (Å²) in [4.78, 5) is 14.9. The zero-order valence-corrected chi connectivity index (χ0v) is 28.9. The second-order valence-corrected chi connectivity index (χ2v) is 14.7. The van der Waals surface area contributed by atoms with Gasteiger partial charge in [-0.3, -0.25) is 0 Å². The molecule has 6 aromatic carbocycles. The van der Waals surface area contributed by atoms with Crippen LogP contribution in [0.3, 0.4) is 0 Å². The third-order valence-electron chi connectivity index (χ3n) is 10.7. The SMILES string of the molecule is CC1CC[C@H](C)CC(C)(c2ccc(-c3ccc4cc(-c5nc(-c6ccccc6)nc(-c6ccc7cc(C#N)ccc7c6)n5)ccc4c3)cc2)C1. The van der Waals surface area contributed by atoms with Crippen LogP contribution in [0.1, 0.15) is 57.6 Å². The van der Waals surface area contributed by atoms with Crippen molar-refractivity contribution in [3.63, 3.8) is 0 Å². The highest BCUT2D eigenvalue weighted by Crippen LogP contribution is 2.43. The zero-order valence-electron chi connectivity index (χ0n) is 28.9. The van der Waals surface area contributed by atoms with Gasteiger partial charge in [0.2, 0.25) is 0 Å². The van der Waals surface area contributed by atoms with Gasteiger partial charge in [0, 0.05) is 16.7 Å². The van der Waals surface area contributed by atoms with Crippen LogP contribution in [0, 0.1) is 23.2 Å². The lowest BCUT2D eigenvalue weighted by atomic mass is 9.72. The van der Waals surface area contributed by atoms with Crippen molar-refractivity contribution in [2.24, 2.45) is 11.8 Å². The van der Waals surface area contributed by atoms with Crippen LogP contribution in [0.25, 0.3) is 66.8 Å². The molecule has 4 heteroatoms. The van der Waals surface area contributed by atoms with Crippen LogP contribution >= 0.6 is 0 Å². The molecule has 7 aromatic rings. The minimum absolute atomic E-state index is 0.235. The number of nitriles is 1. The van der Waals surface area contributed by atoms with E-state index < -0.39 is 0 Å². The van der Waals surface area contributed by atoms with Crippen molar-refractivity contribution in [1.29, 1.82) is 5.26 Å². The van der Waals surface area contributed by atoms with Crippen molar-refractivity contribution in [2.75, 3.05) is 0 Å². The number of rotatable bonds is 5. The standard InChI is InChI=1S/C46H40N4/c1-30-9-10-31(2)28-46(3,27-30)42-21-19-33(20-22-42)36-13-14-39-26-41(18-16-38(39)24-36)45-49-43(34-7-5-4-6-8-34)48-44(50-45)40-17-15-35-23-32(29-47)11-12-37(35)25-40/h4-8,11-26,30-31H,9-10,27-28H2,1-3H3/t30-,31?,46?/m0/s1. The zero-order chi connectivity index (χ0) is 34.2. The first-order valence-electron chi connectivity index (χ1n) is 17.7. The van der Waals surface area contributed by atoms with Crippen LogP contribution in [-0.2, 0) is 5.41 Å². The molecular formula is C46H40N4. The monoisotopic (exact) mass is 648 g/mol. The van der Waals surface area contributed by atoms with Crippen molar-refractivity contribution in [1.82, 2.24) is 15.0 Å². The Bertz CT molecular complexity index is 2380. The number of benzene rings is 6. The molecule has 2 unspecified atom stereocenters. The van der Waals surface area contributed by atoms with E-state index in [0.29, 0.717) is 23.0 Å². The normalized spacial score (nSPS) is 19.2. The molecule has 0 N–H and O–H groups in total.